The number of piperidine rings is 1. The van der Waals surface area contributed by atoms with Crippen molar-refractivity contribution in [3.8, 4) is 0 Å². The molecule has 0 aliphatic carbocycles. The number of nitrogens with one attached hydrogen (secondary N) is 2. The number of amides is 2. The first-order valence-electron chi connectivity index (χ1n) is 8.97. The third-order valence-corrected chi connectivity index (χ3v) is 4.46. The molecule has 2 rings (SSSR count). The Morgan fingerprint density at radius 2 is 1.79 bits per heavy atom. The lowest BCUT2D eigenvalue weighted by Crippen LogP contribution is -2.44. The van der Waals surface area contributed by atoms with E-state index in [0.29, 0.717) is 19.0 Å². The molecule has 1 fully saturated rings. The van der Waals surface area contributed by atoms with Gasteiger partial charge in [-0.3, -0.25) is 14.5 Å². The van der Waals surface area contributed by atoms with Crippen molar-refractivity contribution in [1.29, 1.82) is 0 Å². The van der Waals surface area contributed by atoms with E-state index >= 15 is 0 Å². The van der Waals surface area contributed by atoms with Gasteiger partial charge >= 0.3 is 0 Å². The van der Waals surface area contributed by atoms with Crippen molar-refractivity contribution in [1.82, 2.24) is 15.5 Å². The molecule has 0 saturated carbocycles. The SMILES string of the molecule is CCCNC(=O)CNC(=O)CN1CCC(Cc2ccccc2)CC1. The summed E-state index contributed by atoms with van der Waals surface area (Å²) in [4.78, 5) is 25.6. The molecule has 0 aromatic heterocycles. The number of hydrogen-bond donors (Lipinski definition) is 2. The van der Waals surface area contributed by atoms with E-state index in [-0.39, 0.29) is 18.4 Å². The summed E-state index contributed by atoms with van der Waals surface area (Å²) in [5, 5.41) is 5.45. The standard InChI is InChI=1S/C19H29N3O2/c1-2-10-20-18(23)14-21-19(24)15-22-11-8-17(9-12-22)13-16-6-4-3-5-7-16/h3-7,17H,2,8-15H2,1H3,(H,20,23)(H,21,24). The molecular weight excluding hydrogens is 302 g/mol. The first-order chi connectivity index (χ1) is 11.7. The van der Waals surface area contributed by atoms with Crippen LogP contribution < -0.4 is 10.6 Å². The maximum atomic E-state index is 11.9. The fourth-order valence-electron chi connectivity index (χ4n) is 3.06. The second-order valence-electron chi connectivity index (χ2n) is 6.54. The van der Waals surface area contributed by atoms with E-state index < -0.39 is 0 Å². The van der Waals surface area contributed by atoms with Crippen LogP contribution in [0.25, 0.3) is 0 Å². The zero-order valence-electron chi connectivity index (χ0n) is 14.6. The first kappa shape index (κ1) is 18.5. The number of likely N-dealkylation sites (tertiary alicyclic amines) is 1. The summed E-state index contributed by atoms with van der Waals surface area (Å²) in [5.74, 6) is 0.515. The second-order valence-corrected chi connectivity index (χ2v) is 6.54. The normalized spacial score (nSPS) is 15.9. The number of rotatable bonds is 8. The highest BCUT2D eigenvalue weighted by Gasteiger charge is 2.21. The van der Waals surface area contributed by atoms with E-state index in [9.17, 15) is 9.59 Å². The van der Waals surface area contributed by atoms with E-state index in [1.807, 2.05) is 13.0 Å². The summed E-state index contributed by atoms with van der Waals surface area (Å²) in [6, 6.07) is 10.6. The molecule has 1 saturated heterocycles. The third kappa shape index (κ3) is 6.71. The molecule has 5 heteroatoms. The zero-order chi connectivity index (χ0) is 17.2. The van der Waals surface area contributed by atoms with Crippen molar-refractivity contribution < 1.29 is 9.59 Å². The van der Waals surface area contributed by atoms with E-state index in [1.165, 1.54) is 5.56 Å². The maximum Gasteiger partial charge on any atom is 0.239 e. The van der Waals surface area contributed by atoms with Gasteiger partial charge in [0.25, 0.3) is 0 Å². The van der Waals surface area contributed by atoms with E-state index in [2.05, 4.69) is 39.8 Å². The summed E-state index contributed by atoms with van der Waals surface area (Å²) in [7, 11) is 0. The predicted molar refractivity (Wildman–Crippen MR) is 95.6 cm³/mol. The molecule has 0 bridgehead atoms. The molecule has 1 aliphatic heterocycles. The monoisotopic (exact) mass is 331 g/mol. The van der Waals surface area contributed by atoms with Crippen LogP contribution in [0.1, 0.15) is 31.7 Å². The first-order valence-corrected chi connectivity index (χ1v) is 8.97. The van der Waals surface area contributed by atoms with Gasteiger partial charge in [-0.15, -0.1) is 0 Å². The van der Waals surface area contributed by atoms with Gasteiger partial charge in [0.2, 0.25) is 11.8 Å². The van der Waals surface area contributed by atoms with Gasteiger partial charge in [0, 0.05) is 6.54 Å². The maximum absolute atomic E-state index is 11.9. The van der Waals surface area contributed by atoms with Crippen LogP contribution in [-0.4, -0.2) is 49.4 Å². The van der Waals surface area contributed by atoms with Gasteiger partial charge in [0.15, 0.2) is 0 Å². The van der Waals surface area contributed by atoms with Crippen molar-refractivity contribution in [3.05, 3.63) is 35.9 Å². The Morgan fingerprint density at radius 3 is 2.46 bits per heavy atom. The lowest BCUT2D eigenvalue weighted by molar-refractivity contribution is -0.126. The summed E-state index contributed by atoms with van der Waals surface area (Å²) in [6.45, 7) is 5.02. The fourth-order valence-corrected chi connectivity index (χ4v) is 3.06. The van der Waals surface area contributed by atoms with Gasteiger partial charge in [0.05, 0.1) is 13.1 Å². The van der Waals surface area contributed by atoms with E-state index in [4.69, 9.17) is 0 Å². The molecule has 0 atom stereocenters. The number of carbonyl (C=O) groups excluding carboxylic acids is 2. The largest absolute Gasteiger partial charge is 0.355 e. The van der Waals surface area contributed by atoms with Crippen LogP contribution >= 0.6 is 0 Å². The molecule has 1 aromatic carbocycles. The zero-order valence-corrected chi connectivity index (χ0v) is 14.6. The molecule has 0 spiro atoms. The molecule has 1 aliphatic rings. The average Bonchev–Trinajstić information content (AvgIpc) is 2.61. The lowest BCUT2D eigenvalue weighted by Gasteiger charge is -2.31. The van der Waals surface area contributed by atoms with E-state index in [1.54, 1.807) is 0 Å². The Kier molecular flexibility index (Phi) is 7.75. The molecular formula is C19H29N3O2. The highest BCUT2D eigenvalue weighted by atomic mass is 16.2. The van der Waals surface area contributed by atoms with Crippen molar-refractivity contribution in [2.45, 2.75) is 32.6 Å². The Morgan fingerprint density at radius 1 is 1.08 bits per heavy atom. The van der Waals surface area contributed by atoms with Crippen LogP contribution in [-0.2, 0) is 16.0 Å². The van der Waals surface area contributed by atoms with Crippen molar-refractivity contribution >= 4 is 11.8 Å². The number of nitrogens with zero attached hydrogens (tertiary/aromatic N) is 1. The van der Waals surface area contributed by atoms with E-state index in [0.717, 1.165) is 38.8 Å². The van der Waals surface area contributed by atoms with Gasteiger partial charge in [-0.25, -0.2) is 0 Å². The van der Waals surface area contributed by atoms with Gasteiger partial charge < -0.3 is 10.6 Å². The number of hydrogen-bond acceptors (Lipinski definition) is 3. The summed E-state index contributed by atoms with van der Waals surface area (Å²) >= 11 is 0. The smallest absolute Gasteiger partial charge is 0.239 e. The minimum atomic E-state index is -0.119. The van der Waals surface area contributed by atoms with Crippen LogP contribution in [0.2, 0.25) is 0 Å². The topological polar surface area (TPSA) is 61.4 Å². The molecule has 1 heterocycles. The van der Waals surface area contributed by atoms with Crippen molar-refractivity contribution in [2.75, 3.05) is 32.7 Å². The van der Waals surface area contributed by atoms with Crippen molar-refractivity contribution in [2.24, 2.45) is 5.92 Å². The minimum Gasteiger partial charge on any atom is -0.355 e. The fraction of sp³-hybridized carbons (Fsp3) is 0.579. The third-order valence-electron chi connectivity index (χ3n) is 4.46. The molecule has 1 aromatic rings. The number of carbonyl (C=O) groups is 2. The Balaban J connectivity index is 1.62. The number of benzene rings is 1. The average molecular weight is 331 g/mol. The van der Waals surface area contributed by atoms with Crippen LogP contribution in [0.15, 0.2) is 30.3 Å². The second kappa shape index (κ2) is 10.1. The molecule has 24 heavy (non-hydrogen) atoms. The summed E-state index contributed by atoms with van der Waals surface area (Å²) in [5.41, 5.74) is 1.40. The Labute approximate surface area is 144 Å². The molecule has 2 amide bonds. The van der Waals surface area contributed by atoms with Crippen LogP contribution in [0, 0.1) is 5.92 Å². The Bertz CT molecular complexity index is 511. The lowest BCUT2D eigenvalue weighted by atomic mass is 9.90. The molecule has 2 N–H and O–H groups in total. The van der Waals surface area contributed by atoms with Crippen molar-refractivity contribution in [3.63, 3.8) is 0 Å². The minimum absolute atomic E-state index is 0.0665. The molecule has 5 nitrogen and oxygen atoms in total. The highest BCUT2D eigenvalue weighted by molar-refractivity contribution is 5.85. The van der Waals surface area contributed by atoms with Gasteiger partial charge in [-0.2, -0.15) is 0 Å². The highest BCUT2D eigenvalue weighted by Crippen LogP contribution is 2.21. The van der Waals surface area contributed by atoms with Gasteiger partial charge in [-0.1, -0.05) is 37.3 Å². The Hall–Kier alpha value is -1.88. The van der Waals surface area contributed by atoms with Crippen LogP contribution in [0.3, 0.4) is 0 Å². The predicted octanol–water partition coefficient (Wildman–Crippen LogP) is 1.58. The molecule has 0 unspecified atom stereocenters. The van der Waals surface area contributed by atoms with Gasteiger partial charge in [-0.05, 0) is 50.3 Å². The van der Waals surface area contributed by atoms with Crippen LogP contribution in [0.5, 0.6) is 0 Å². The molecule has 132 valence electrons. The summed E-state index contributed by atoms with van der Waals surface area (Å²) < 4.78 is 0. The van der Waals surface area contributed by atoms with Crippen LogP contribution in [0.4, 0.5) is 0 Å². The van der Waals surface area contributed by atoms with Gasteiger partial charge in [0.1, 0.15) is 0 Å². The summed E-state index contributed by atoms with van der Waals surface area (Å²) in [6.07, 6.45) is 4.27. The molecule has 0 radical (unpaired) electrons. The quantitative estimate of drug-likeness (QED) is 0.760.